The first-order valence-corrected chi connectivity index (χ1v) is 10.3. The van der Waals surface area contributed by atoms with E-state index in [1.165, 1.54) is 16.4 Å². The van der Waals surface area contributed by atoms with Crippen LogP contribution in [-0.4, -0.2) is 37.9 Å². The Morgan fingerprint density at radius 3 is 2.41 bits per heavy atom. The van der Waals surface area contributed by atoms with Gasteiger partial charge in [-0.15, -0.1) is 0 Å². The maximum absolute atomic E-state index is 12.6. The topological polar surface area (TPSA) is 78.8 Å². The number of benzene rings is 2. The monoisotopic (exact) mass is 387 g/mol. The largest absolute Gasteiger partial charge is 0.271 e. The first-order valence-electron chi connectivity index (χ1n) is 8.88. The number of nitrogens with one attached hydrogen (secondary N) is 1. The summed E-state index contributed by atoms with van der Waals surface area (Å²) in [5, 5.41) is 4.00. The van der Waals surface area contributed by atoms with E-state index in [0.29, 0.717) is 13.1 Å². The van der Waals surface area contributed by atoms with E-state index in [1.54, 1.807) is 32.2 Å². The van der Waals surface area contributed by atoms with Crippen molar-refractivity contribution in [3.05, 3.63) is 65.7 Å². The number of sulfonamides is 1. The summed E-state index contributed by atoms with van der Waals surface area (Å²) in [7, 11) is -3.61. The molecule has 6 nitrogen and oxygen atoms in total. The molecule has 0 fully saturated rings. The fourth-order valence-electron chi connectivity index (χ4n) is 2.63. The highest BCUT2D eigenvalue weighted by atomic mass is 32.2. The highest BCUT2D eigenvalue weighted by molar-refractivity contribution is 7.89. The summed E-state index contributed by atoms with van der Waals surface area (Å²) < 4.78 is 26.5. The Balaban J connectivity index is 2.10. The van der Waals surface area contributed by atoms with Crippen molar-refractivity contribution in [2.45, 2.75) is 31.6 Å². The molecule has 0 saturated heterocycles. The van der Waals surface area contributed by atoms with Crippen molar-refractivity contribution in [2.24, 2.45) is 5.10 Å². The van der Waals surface area contributed by atoms with Gasteiger partial charge in [-0.3, -0.25) is 4.79 Å². The van der Waals surface area contributed by atoms with Crippen LogP contribution in [0.3, 0.4) is 0 Å². The number of carbonyl (C=O) groups is 1. The summed E-state index contributed by atoms with van der Waals surface area (Å²) in [6.45, 7) is 6.27. The molecule has 0 aromatic heterocycles. The van der Waals surface area contributed by atoms with Gasteiger partial charge in [0.15, 0.2) is 0 Å². The number of rotatable bonds is 8. The summed E-state index contributed by atoms with van der Waals surface area (Å²) in [6.07, 6.45) is 1.64. The second kappa shape index (κ2) is 9.43. The van der Waals surface area contributed by atoms with Crippen LogP contribution >= 0.6 is 0 Å². The molecular formula is C20H25N3O3S. The van der Waals surface area contributed by atoms with Gasteiger partial charge in [0.1, 0.15) is 0 Å². The lowest BCUT2D eigenvalue weighted by Crippen LogP contribution is -2.30. The predicted molar refractivity (Wildman–Crippen MR) is 107 cm³/mol. The quantitative estimate of drug-likeness (QED) is 0.558. The highest BCUT2D eigenvalue weighted by Gasteiger charge is 2.22. The predicted octanol–water partition coefficient (Wildman–Crippen LogP) is 3.24. The molecule has 144 valence electrons. The van der Waals surface area contributed by atoms with E-state index in [-0.39, 0.29) is 16.4 Å². The molecule has 1 amide bonds. The van der Waals surface area contributed by atoms with E-state index in [1.807, 2.05) is 37.3 Å². The Morgan fingerprint density at radius 2 is 1.78 bits per heavy atom. The zero-order chi connectivity index (χ0) is 19.9. The summed E-state index contributed by atoms with van der Waals surface area (Å²) in [4.78, 5) is 12.4. The molecule has 7 heteroatoms. The van der Waals surface area contributed by atoms with E-state index < -0.39 is 15.9 Å². The Bertz CT molecular complexity index is 892. The van der Waals surface area contributed by atoms with Gasteiger partial charge in [-0.05, 0) is 23.8 Å². The molecule has 0 spiro atoms. The SMILES string of the molecule is CCN(CC)S(=O)(=O)c1cccc(C(=O)N/N=C\[C@H](C)c2ccccc2)c1. The third-order valence-corrected chi connectivity index (χ3v) is 6.27. The number of amides is 1. The molecule has 2 rings (SSSR count). The molecule has 27 heavy (non-hydrogen) atoms. The molecule has 2 aromatic carbocycles. The van der Waals surface area contributed by atoms with Gasteiger partial charge in [-0.1, -0.05) is 57.2 Å². The number of hydrazone groups is 1. The van der Waals surface area contributed by atoms with Crippen LogP contribution in [0.4, 0.5) is 0 Å². The second-order valence-electron chi connectivity index (χ2n) is 6.04. The van der Waals surface area contributed by atoms with Crippen molar-refractivity contribution >= 4 is 22.1 Å². The standard InChI is InChI=1S/C20H25N3O3S/c1-4-23(5-2)27(25,26)19-13-9-12-18(14-19)20(24)22-21-15-16(3)17-10-7-6-8-11-17/h6-16H,4-5H2,1-3H3,(H,22,24)/b21-15-/t16-/m0/s1. The lowest BCUT2D eigenvalue weighted by atomic mass is 10.0. The Hall–Kier alpha value is -2.51. The minimum Gasteiger partial charge on any atom is -0.267 e. The van der Waals surface area contributed by atoms with Crippen LogP contribution in [-0.2, 0) is 10.0 Å². The van der Waals surface area contributed by atoms with Crippen LogP contribution in [0.15, 0.2) is 64.6 Å². The zero-order valence-electron chi connectivity index (χ0n) is 15.8. The number of nitrogens with zero attached hydrogens (tertiary/aromatic N) is 2. The molecule has 0 radical (unpaired) electrons. The minimum atomic E-state index is -3.61. The first kappa shape index (κ1) is 20.8. The molecule has 0 bridgehead atoms. The molecule has 0 heterocycles. The van der Waals surface area contributed by atoms with Crippen molar-refractivity contribution < 1.29 is 13.2 Å². The van der Waals surface area contributed by atoms with Gasteiger partial charge in [0.2, 0.25) is 10.0 Å². The third kappa shape index (κ3) is 5.24. The molecule has 0 aliphatic heterocycles. The summed E-state index contributed by atoms with van der Waals surface area (Å²) >= 11 is 0. The van der Waals surface area contributed by atoms with Crippen molar-refractivity contribution in [1.82, 2.24) is 9.73 Å². The van der Waals surface area contributed by atoms with Gasteiger partial charge in [0.25, 0.3) is 5.91 Å². The number of hydrogen-bond acceptors (Lipinski definition) is 4. The normalized spacial score (nSPS) is 13.0. The van der Waals surface area contributed by atoms with E-state index in [4.69, 9.17) is 0 Å². The molecule has 1 N–H and O–H groups in total. The second-order valence-corrected chi connectivity index (χ2v) is 7.97. The summed E-state index contributed by atoms with van der Waals surface area (Å²) in [5.74, 6) is -0.413. The maximum atomic E-state index is 12.6. The summed E-state index contributed by atoms with van der Waals surface area (Å²) in [6, 6.07) is 15.8. The van der Waals surface area contributed by atoms with E-state index in [2.05, 4.69) is 10.5 Å². The lowest BCUT2D eigenvalue weighted by Gasteiger charge is -2.18. The fraction of sp³-hybridized carbons (Fsp3) is 0.300. The van der Waals surface area contributed by atoms with Crippen molar-refractivity contribution in [2.75, 3.05) is 13.1 Å². The average Bonchev–Trinajstić information content (AvgIpc) is 2.69. The van der Waals surface area contributed by atoms with Gasteiger partial charge in [-0.2, -0.15) is 9.41 Å². The molecule has 0 aliphatic rings. The van der Waals surface area contributed by atoms with Gasteiger partial charge in [0, 0.05) is 30.8 Å². The zero-order valence-corrected chi connectivity index (χ0v) is 16.6. The van der Waals surface area contributed by atoms with Crippen LogP contribution in [0.5, 0.6) is 0 Å². The van der Waals surface area contributed by atoms with Gasteiger partial charge < -0.3 is 0 Å². The minimum absolute atomic E-state index is 0.0425. The van der Waals surface area contributed by atoms with Crippen LogP contribution in [0.25, 0.3) is 0 Å². The van der Waals surface area contributed by atoms with Crippen molar-refractivity contribution in [3.8, 4) is 0 Å². The highest BCUT2D eigenvalue weighted by Crippen LogP contribution is 2.17. The van der Waals surface area contributed by atoms with E-state index in [0.717, 1.165) is 5.56 Å². The van der Waals surface area contributed by atoms with Gasteiger partial charge >= 0.3 is 0 Å². The molecule has 0 unspecified atom stereocenters. The van der Waals surface area contributed by atoms with E-state index >= 15 is 0 Å². The lowest BCUT2D eigenvalue weighted by molar-refractivity contribution is 0.0955. The van der Waals surface area contributed by atoms with E-state index in [9.17, 15) is 13.2 Å². The Morgan fingerprint density at radius 1 is 1.11 bits per heavy atom. The smallest absolute Gasteiger partial charge is 0.267 e. The van der Waals surface area contributed by atoms with Crippen LogP contribution < -0.4 is 5.43 Å². The van der Waals surface area contributed by atoms with Crippen LogP contribution in [0, 0.1) is 0 Å². The van der Waals surface area contributed by atoms with Crippen LogP contribution in [0.1, 0.15) is 42.6 Å². The van der Waals surface area contributed by atoms with Crippen LogP contribution in [0.2, 0.25) is 0 Å². The van der Waals surface area contributed by atoms with Crippen molar-refractivity contribution in [1.29, 1.82) is 0 Å². The first-order chi connectivity index (χ1) is 12.9. The Labute approximate surface area is 161 Å². The van der Waals surface area contributed by atoms with Crippen molar-refractivity contribution in [3.63, 3.8) is 0 Å². The average molecular weight is 388 g/mol. The number of hydrogen-bond donors (Lipinski definition) is 1. The Kier molecular flexibility index (Phi) is 7.27. The maximum Gasteiger partial charge on any atom is 0.271 e. The third-order valence-electron chi connectivity index (χ3n) is 4.23. The molecule has 0 saturated carbocycles. The number of carbonyl (C=O) groups excluding carboxylic acids is 1. The van der Waals surface area contributed by atoms with Gasteiger partial charge in [0.05, 0.1) is 4.90 Å². The summed E-state index contributed by atoms with van der Waals surface area (Å²) in [5.41, 5.74) is 3.79. The molecule has 1 atom stereocenters. The van der Waals surface area contributed by atoms with Gasteiger partial charge in [-0.25, -0.2) is 13.8 Å². The molecule has 2 aromatic rings. The fourth-order valence-corrected chi connectivity index (χ4v) is 4.13. The molecule has 0 aliphatic carbocycles. The molecular weight excluding hydrogens is 362 g/mol.